The van der Waals surface area contributed by atoms with Crippen molar-refractivity contribution in [2.45, 2.75) is 37.4 Å². The lowest BCUT2D eigenvalue weighted by Crippen LogP contribution is -2.60. The second kappa shape index (κ2) is 9.09. The predicted octanol–water partition coefficient (Wildman–Crippen LogP) is 2.21. The zero-order valence-corrected chi connectivity index (χ0v) is 16.8. The van der Waals surface area contributed by atoms with E-state index in [1.165, 1.54) is 12.8 Å². The molecule has 0 radical (unpaired) electrons. The third-order valence-corrected chi connectivity index (χ3v) is 6.05. The first-order chi connectivity index (χ1) is 14.7. The number of hydrogen-bond acceptors (Lipinski definition) is 5. The lowest BCUT2D eigenvalue weighted by molar-refractivity contribution is -0.124. The number of hydrogen-bond donors (Lipinski definition) is 2. The summed E-state index contributed by atoms with van der Waals surface area (Å²) in [6.07, 6.45) is 2.86. The third kappa shape index (κ3) is 4.52. The Kier molecular flexibility index (Phi) is 6.09. The molecule has 1 amide bonds. The predicted molar refractivity (Wildman–Crippen MR) is 114 cm³/mol. The summed E-state index contributed by atoms with van der Waals surface area (Å²) >= 11 is 0. The van der Waals surface area contributed by atoms with E-state index in [9.17, 15) is 10.1 Å². The van der Waals surface area contributed by atoms with Crippen molar-refractivity contribution in [3.05, 3.63) is 59.7 Å². The van der Waals surface area contributed by atoms with E-state index in [-0.39, 0.29) is 11.9 Å². The highest BCUT2D eigenvalue weighted by Crippen LogP contribution is 2.21. The Morgan fingerprint density at radius 2 is 1.83 bits per heavy atom. The highest BCUT2D eigenvalue weighted by Gasteiger charge is 2.34. The van der Waals surface area contributed by atoms with Crippen molar-refractivity contribution in [2.24, 2.45) is 0 Å². The fraction of sp³-hybridized carbons (Fsp3) is 0.375. The Morgan fingerprint density at radius 3 is 2.50 bits per heavy atom. The van der Waals surface area contributed by atoms with Gasteiger partial charge in [0.1, 0.15) is 6.04 Å². The molecule has 2 fully saturated rings. The molecule has 2 aliphatic heterocycles. The number of benzene rings is 2. The van der Waals surface area contributed by atoms with Gasteiger partial charge in [0.25, 0.3) is 0 Å². The molecule has 0 unspecified atom stereocenters. The van der Waals surface area contributed by atoms with Gasteiger partial charge < -0.3 is 10.6 Å². The SMILES string of the molecule is N#Cc1ccc(-c2ccc(C[C@@H](C#N)NC(=O)[C@H]3CN4CCC[C@@H]4CN3)cc2)cc1. The summed E-state index contributed by atoms with van der Waals surface area (Å²) in [6.45, 7) is 2.61. The van der Waals surface area contributed by atoms with Gasteiger partial charge >= 0.3 is 0 Å². The first-order valence-corrected chi connectivity index (χ1v) is 10.4. The summed E-state index contributed by atoms with van der Waals surface area (Å²) in [6, 6.07) is 19.5. The Hall–Kier alpha value is -3.19. The summed E-state index contributed by atoms with van der Waals surface area (Å²) in [4.78, 5) is 15.0. The first kappa shape index (κ1) is 20.1. The number of carbonyl (C=O) groups is 1. The number of nitrogens with one attached hydrogen (secondary N) is 2. The molecule has 2 aromatic carbocycles. The molecule has 2 aromatic rings. The maximum absolute atomic E-state index is 12.7. The van der Waals surface area contributed by atoms with Crippen LogP contribution in [-0.2, 0) is 11.2 Å². The van der Waals surface area contributed by atoms with E-state index in [1.54, 1.807) is 12.1 Å². The number of nitrogens with zero attached hydrogens (tertiary/aromatic N) is 3. The van der Waals surface area contributed by atoms with Crippen molar-refractivity contribution in [2.75, 3.05) is 19.6 Å². The molecule has 2 saturated heterocycles. The number of amides is 1. The normalized spacial score (nSPS) is 21.8. The molecule has 6 heteroatoms. The van der Waals surface area contributed by atoms with Crippen molar-refractivity contribution in [3.8, 4) is 23.3 Å². The molecule has 30 heavy (non-hydrogen) atoms. The molecule has 2 aliphatic rings. The van der Waals surface area contributed by atoms with Gasteiger partial charge in [-0.2, -0.15) is 10.5 Å². The second-order valence-corrected chi connectivity index (χ2v) is 8.03. The van der Waals surface area contributed by atoms with Gasteiger partial charge in [-0.25, -0.2) is 0 Å². The van der Waals surface area contributed by atoms with Crippen LogP contribution in [0.3, 0.4) is 0 Å². The van der Waals surface area contributed by atoms with E-state index in [0.29, 0.717) is 24.6 Å². The molecule has 0 spiro atoms. The van der Waals surface area contributed by atoms with Gasteiger partial charge in [-0.05, 0) is 48.2 Å². The zero-order chi connectivity index (χ0) is 20.9. The van der Waals surface area contributed by atoms with Crippen LogP contribution in [0.1, 0.15) is 24.0 Å². The van der Waals surface area contributed by atoms with Gasteiger partial charge in [-0.3, -0.25) is 9.69 Å². The number of carbonyl (C=O) groups excluding carboxylic acids is 1. The monoisotopic (exact) mass is 399 g/mol. The minimum Gasteiger partial charge on any atom is -0.339 e. The Balaban J connectivity index is 1.34. The van der Waals surface area contributed by atoms with Gasteiger partial charge in [0.05, 0.1) is 23.7 Å². The highest BCUT2D eigenvalue weighted by molar-refractivity contribution is 5.82. The maximum Gasteiger partial charge on any atom is 0.239 e. The molecule has 0 aliphatic carbocycles. The van der Waals surface area contributed by atoms with Gasteiger partial charge in [-0.15, -0.1) is 0 Å². The Bertz CT molecular complexity index is 971. The fourth-order valence-corrected chi connectivity index (χ4v) is 4.33. The molecule has 2 heterocycles. The molecule has 6 nitrogen and oxygen atoms in total. The maximum atomic E-state index is 12.7. The molecular formula is C24H25N5O. The fourth-order valence-electron chi connectivity index (χ4n) is 4.33. The van der Waals surface area contributed by atoms with Gasteiger partial charge in [0, 0.05) is 25.6 Å². The average Bonchev–Trinajstić information content (AvgIpc) is 3.27. The van der Waals surface area contributed by atoms with Crippen LogP contribution in [0.5, 0.6) is 0 Å². The zero-order valence-electron chi connectivity index (χ0n) is 16.8. The van der Waals surface area contributed by atoms with E-state index in [2.05, 4.69) is 27.7 Å². The second-order valence-electron chi connectivity index (χ2n) is 8.03. The number of fused-ring (bicyclic) bond motifs is 1. The van der Waals surface area contributed by atoms with Crippen LogP contribution in [0.2, 0.25) is 0 Å². The van der Waals surface area contributed by atoms with Crippen LogP contribution in [0, 0.1) is 22.7 Å². The van der Waals surface area contributed by atoms with E-state index in [1.807, 2.05) is 36.4 Å². The molecule has 0 saturated carbocycles. The number of rotatable bonds is 5. The molecule has 0 bridgehead atoms. The van der Waals surface area contributed by atoms with Crippen molar-refractivity contribution in [3.63, 3.8) is 0 Å². The minimum absolute atomic E-state index is 0.0962. The van der Waals surface area contributed by atoms with Crippen molar-refractivity contribution >= 4 is 5.91 Å². The van der Waals surface area contributed by atoms with Crippen molar-refractivity contribution < 1.29 is 4.79 Å². The van der Waals surface area contributed by atoms with Crippen LogP contribution in [0.4, 0.5) is 0 Å². The smallest absolute Gasteiger partial charge is 0.239 e. The van der Waals surface area contributed by atoms with Crippen molar-refractivity contribution in [1.29, 1.82) is 10.5 Å². The third-order valence-electron chi connectivity index (χ3n) is 6.05. The molecular weight excluding hydrogens is 374 g/mol. The quantitative estimate of drug-likeness (QED) is 0.804. The van der Waals surface area contributed by atoms with Gasteiger partial charge in [0.2, 0.25) is 5.91 Å². The van der Waals surface area contributed by atoms with Crippen LogP contribution >= 0.6 is 0 Å². The van der Waals surface area contributed by atoms with Gasteiger partial charge in [0.15, 0.2) is 0 Å². The topological polar surface area (TPSA) is 92.0 Å². The summed E-state index contributed by atoms with van der Waals surface area (Å²) < 4.78 is 0. The van der Waals surface area contributed by atoms with E-state index >= 15 is 0 Å². The standard InChI is InChI=1S/C24H25N5O/c25-13-18-5-9-20(10-6-18)19-7-3-17(4-8-19)12-21(14-26)28-24(30)23-16-29-11-1-2-22(29)15-27-23/h3-10,21-23,27H,1-2,11-12,15-16H2,(H,28,30)/t21-,22+,23+/m0/s1. The van der Waals surface area contributed by atoms with Crippen LogP contribution in [0.15, 0.2) is 48.5 Å². The Morgan fingerprint density at radius 1 is 1.13 bits per heavy atom. The summed E-state index contributed by atoms with van der Waals surface area (Å²) in [5.74, 6) is -0.0962. The van der Waals surface area contributed by atoms with E-state index < -0.39 is 6.04 Å². The lowest BCUT2D eigenvalue weighted by Gasteiger charge is -2.35. The average molecular weight is 399 g/mol. The van der Waals surface area contributed by atoms with E-state index in [4.69, 9.17) is 5.26 Å². The van der Waals surface area contributed by atoms with Crippen LogP contribution in [0.25, 0.3) is 11.1 Å². The molecule has 152 valence electrons. The largest absolute Gasteiger partial charge is 0.339 e. The molecule has 2 N–H and O–H groups in total. The van der Waals surface area contributed by atoms with Crippen LogP contribution < -0.4 is 10.6 Å². The van der Waals surface area contributed by atoms with Gasteiger partial charge in [-0.1, -0.05) is 36.4 Å². The molecule has 3 atom stereocenters. The molecule has 4 rings (SSSR count). The summed E-state index contributed by atoms with van der Waals surface area (Å²) in [5, 5.41) is 24.7. The van der Waals surface area contributed by atoms with E-state index in [0.717, 1.165) is 29.8 Å². The van der Waals surface area contributed by atoms with Crippen LogP contribution in [-0.4, -0.2) is 48.6 Å². The lowest BCUT2D eigenvalue weighted by atomic mass is 10.00. The number of piperazine rings is 1. The summed E-state index contributed by atoms with van der Waals surface area (Å²) in [5.41, 5.74) is 3.72. The first-order valence-electron chi connectivity index (χ1n) is 10.4. The number of nitriles is 2. The Labute approximate surface area is 177 Å². The summed E-state index contributed by atoms with van der Waals surface area (Å²) in [7, 11) is 0. The van der Waals surface area contributed by atoms with Crippen molar-refractivity contribution in [1.82, 2.24) is 15.5 Å². The molecule has 0 aromatic heterocycles. The highest BCUT2D eigenvalue weighted by atomic mass is 16.2. The minimum atomic E-state index is -0.559.